The molecule has 1 amide bonds. The number of ether oxygens (including phenoxy) is 3. The van der Waals surface area contributed by atoms with Gasteiger partial charge in [0.05, 0.1) is 19.8 Å². The second-order valence-corrected chi connectivity index (χ2v) is 7.83. The molecular weight excluding hydrogens is 388 g/mol. The first kappa shape index (κ1) is 23.0. The fourth-order valence-corrected chi connectivity index (χ4v) is 2.97. The first-order valence-corrected chi connectivity index (χ1v) is 9.48. The number of methoxy groups -OCH3 is 2. The summed E-state index contributed by atoms with van der Waals surface area (Å²) in [6.45, 7) is 7.05. The number of nitrogens with one attached hydrogen (secondary N) is 2. The number of carbonyl (C=O) groups is 2. The molecule has 1 aromatic carbocycles. The van der Waals surface area contributed by atoms with Crippen LogP contribution in [-0.4, -0.2) is 42.9 Å². The standard InChI is InChI=1S/C22H28N2O6/c1-13-12-23-19(25)17(18(13)28-5)15-9-7-14(8-10-15)11-16(20(26)29-6)24-21(27)30-22(2,3)4/h7-10,12,16H,11H2,1-6H3,(H,23,25)(H,24,27)/t16-/m0/s1. The molecule has 2 aromatic rings. The van der Waals surface area contributed by atoms with Gasteiger partial charge in [0.15, 0.2) is 0 Å². The Morgan fingerprint density at radius 1 is 1.13 bits per heavy atom. The minimum atomic E-state index is -0.910. The van der Waals surface area contributed by atoms with Crippen molar-refractivity contribution in [2.75, 3.05) is 14.2 Å². The molecule has 0 unspecified atom stereocenters. The van der Waals surface area contributed by atoms with E-state index in [0.29, 0.717) is 16.9 Å². The third-order valence-corrected chi connectivity index (χ3v) is 4.30. The Kier molecular flexibility index (Phi) is 7.26. The maximum absolute atomic E-state index is 12.3. The summed E-state index contributed by atoms with van der Waals surface area (Å²) in [5.41, 5.74) is 1.74. The average Bonchev–Trinajstić information content (AvgIpc) is 2.67. The van der Waals surface area contributed by atoms with E-state index < -0.39 is 23.7 Å². The fraction of sp³-hybridized carbons (Fsp3) is 0.409. The molecule has 0 bridgehead atoms. The lowest BCUT2D eigenvalue weighted by atomic mass is 10.00. The third-order valence-electron chi connectivity index (χ3n) is 4.30. The minimum absolute atomic E-state index is 0.202. The molecular formula is C22H28N2O6. The van der Waals surface area contributed by atoms with Crippen LogP contribution in [0.3, 0.4) is 0 Å². The number of esters is 1. The first-order chi connectivity index (χ1) is 14.1. The number of pyridine rings is 1. The Hall–Kier alpha value is -3.29. The van der Waals surface area contributed by atoms with Crippen molar-refractivity contribution in [1.29, 1.82) is 0 Å². The van der Waals surface area contributed by atoms with Crippen LogP contribution in [0.5, 0.6) is 5.75 Å². The van der Waals surface area contributed by atoms with Gasteiger partial charge in [-0.15, -0.1) is 0 Å². The maximum atomic E-state index is 12.3. The Morgan fingerprint density at radius 2 is 1.77 bits per heavy atom. The van der Waals surface area contributed by atoms with Gasteiger partial charge in [0.25, 0.3) is 5.56 Å². The summed E-state index contributed by atoms with van der Waals surface area (Å²) in [7, 11) is 2.77. The molecule has 1 heterocycles. The predicted molar refractivity (Wildman–Crippen MR) is 113 cm³/mol. The molecule has 0 spiro atoms. The summed E-state index contributed by atoms with van der Waals surface area (Å²) in [5, 5.41) is 2.54. The van der Waals surface area contributed by atoms with Gasteiger partial charge < -0.3 is 24.5 Å². The van der Waals surface area contributed by atoms with Crippen LogP contribution in [0, 0.1) is 6.92 Å². The summed E-state index contributed by atoms with van der Waals surface area (Å²) in [5.74, 6) is -0.0766. The van der Waals surface area contributed by atoms with Gasteiger partial charge in [-0.3, -0.25) is 4.79 Å². The lowest BCUT2D eigenvalue weighted by Crippen LogP contribution is -2.45. The largest absolute Gasteiger partial charge is 0.496 e. The van der Waals surface area contributed by atoms with Crippen LogP contribution in [0.15, 0.2) is 35.3 Å². The molecule has 0 saturated carbocycles. The van der Waals surface area contributed by atoms with E-state index in [4.69, 9.17) is 14.2 Å². The zero-order valence-corrected chi connectivity index (χ0v) is 18.1. The van der Waals surface area contributed by atoms with E-state index >= 15 is 0 Å². The number of hydrogen-bond acceptors (Lipinski definition) is 6. The molecule has 1 atom stereocenters. The highest BCUT2D eigenvalue weighted by Gasteiger charge is 2.25. The number of carbonyl (C=O) groups excluding carboxylic acids is 2. The number of alkyl carbamates (subject to hydrolysis) is 1. The van der Waals surface area contributed by atoms with Crippen molar-refractivity contribution in [3.63, 3.8) is 0 Å². The lowest BCUT2D eigenvalue weighted by Gasteiger charge is -2.22. The number of benzene rings is 1. The second kappa shape index (κ2) is 9.47. The lowest BCUT2D eigenvalue weighted by molar-refractivity contribution is -0.143. The summed E-state index contributed by atoms with van der Waals surface area (Å²) in [4.78, 5) is 39.2. The van der Waals surface area contributed by atoms with Gasteiger partial charge in [0.1, 0.15) is 17.4 Å². The SMILES string of the molecule is COC(=O)[C@H](Cc1ccc(-c2c(OC)c(C)c[nH]c2=O)cc1)NC(=O)OC(C)(C)C. The van der Waals surface area contributed by atoms with E-state index in [2.05, 4.69) is 10.3 Å². The topological polar surface area (TPSA) is 107 Å². The van der Waals surface area contributed by atoms with Crippen LogP contribution < -0.4 is 15.6 Å². The molecule has 8 nitrogen and oxygen atoms in total. The maximum Gasteiger partial charge on any atom is 0.408 e. The molecule has 0 aliphatic heterocycles. The van der Waals surface area contributed by atoms with Crippen molar-refractivity contribution in [2.24, 2.45) is 0 Å². The quantitative estimate of drug-likeness (QED) is 0.701. The normalized spacial score (nSPS) is 12.1. The highest BCUT2D eigenvalue weighted by Crippen LogP contribution is 2.29. The molecule has 0 saturated heterocycles. The Labute approximate surface area is 175 Å². The number of rotatable bonds is 6. The van der Waals surface area contributed by atoms with Crippen LogP contribution in [0.25, 0.3) is 11.1 Å². The summed E-state index contributed by atoms with van der Waals surface area (Å²) < 4.78 is 15.4. The van der Waals surface area contributed by atoms with Crippen LogP contribution in [-0.2, 0) is 20.7 Å². The third kappa shape index (κ3) is 5.85. The van der Waals surface area contributed by atoms with Gasteiger partial charge in [-0.05, 0) is 38.8 Å². The number of aryl methyl sites for hydroxylation is 1. The molecule has 30 heavy (non-hydrogen) atoms. The Morgan fingerprint density at radius 3 is 2.30 bits per heavy atom. The van der Waals surface area contributed by atoms with Crippen molar-refractivity contribution in [2.45, 2.75) is 45.8 Å². The molecule has 8 heteroatoms. The first-order valence-electron chi connectivity index (χ1n) is 9.48. The molecule has 1 aromatic heterocycles. The van der Waals surface area contributed by atoms with Crippen molar-refractivity contribution < 1.29 is 23.8 Å². The van der Waals surface area contributed by atoms with E-state index in [0.717, 1.165) is 11.1 Å². The summed E-state index contributed by atoms with van der Waals surface area (Å²) in [6, 6.07) is 6.19. The van der Waals surface area contributed by atoms with Gasteiger partial charge in [-0.1, -0.05) is 24.3 Å². The smallest absolute Gasteiger partial charge is 0.408 e. The van der Waals surface area contributed by atoms with E-state index in [1.54, 1.807) is 51.2 Å². The van der Waals surface area contributed by atoms with Gasteiger partial charge in [0.2, 0.25) is 0 Å². The zero-order chi connectivity index (χ0) is 22.5. The minimum Gasteiger partial charge on any atom is -0.496 e. The summed E-state index contributed by atoms with van der Waals surface area (Å²) in [6.07, 6.45) is 1.10. The van der Waals surface area contributed by atoms with Crippen LogP contribution in [0.1, 0.15) is 31.9 Å². The number of hydrogen-bond donors (Lipinski definition) is 2. The van der Waals surface area contributed by atoms with Gasteiger partial charge >= 0.3 is 12.1 Å². The Bertz CT molecular complexity index is 957. The summed E-state index contributed by atoms with van der Waals surface area (Å²) >= 11 is 0. The van der Waals surface area contributed by atoms with Crippen molar-refractivity contribution in [3.8, 4) is 16.9 Å². The van der Waals surface area contributed by atoms with Crippen LogP contribution >= 0.6 is 0 Å². The van der Waals surface area contributed by atoms with Gasteiger partial charge in [-0.2, -0.15) is 0 Å². The van der Waals surface area contributed by atoms with E-state index in [1.165, 1.54) is 14.2 Å². The average molecular weight is 416 g/mol. The van der Waals surface area contributed by atoms with Crippen molar-refractivity contribution >= 4 is 12.1 Å². The van der Waals surface area contributed by atoms with Crippen molar-refractivity contribution in [1.82, 2.24) is 10.3 Å². The van der Waals surface area contributed by atoms with Gasteiger partial charge in [0, 0.05) is 18.2 Å². The van der Waals surface area contributed by atoms with Crippen LogP contribution in [0.4, 0.5) is 4.79 Å². The number of amides is 1. The molecule has 0 aliphatic rings. The number of aromatic amines is 1. The highest BCUT2D eigenvalue weighted by atomic mass is 16.6. The van der Waals surface area contributed by atoms with Crippen LogP contribution in [0.2, 0.25) is 0 Å². The molecule has 2 rings (SSSR count). The zero-order valence-electron chi connectivity index (χ0n) is 18.1. The number of H-pyrrole nitrogens is 1. The van der Waals surface area contributed by atoms with Crippen molar-refractivity contribution in [3.05, 3.63) is 51.9 Å². The Balaban J connectivity index is 2.24. The van der Waals surface area contributed by atoms with Gasteiger partial charge in [-0.25, -0.2) is 9.59 Å². The predicted octanol–water partition coefficient (Wildman–Crippen LogP) is 2.97. The molecule has 0 fully saturated rings. The fourth-order valence-electron chi connectivity index (χ4n) is 2.97. The second-order valence-electron chi connectivity index (χ2n) is 7.83. The molecule has 0 aliphatic carbocycles. The molecule has 0 radical (unpaired) electrons. The van der Waals surface area contributed by atoms with E-state index in [-0.39, 0.29) is 12.0 Å². The van der Waals surface area contributed by atoms with E-state index in [9.17, 15) is 14.4 Å². The number of aromatic nitrogens is 1. The molecule has 2 N–H and O–H groups in total. The molecule has 162 valence electrons. The monoisotopic (exact) mass is 416 g/mol. The van der Waals surface area contributed by atoms with E-state index in [1.807, 2.05) is 6.92 Å². The highest BCUT2D eigenvalue weighted by molar-refractivity contribution is 5.81.